The topological polar surface area (TPSA) is 82.2 Å². The molecule has 0 aliphatic rings. The molecule has 1 aromatic carbocycles. The zero-order chi connectivity index (χ0) is 13.3. The standard InChI is InChI=1S/C10H7ClN2O4S/c11-8-3-4-10(9(7-8)13(14)15)18(16,17)12-5-1-2-6-12/h1-7H. The van der Waals surface area contributed by atoms with Gasteiger partial charge in [-0.25, -0.2) is 12.4 Å². The molecule has 0 spiro atoms. The number of rotatable bonds is 3. The molecule has 1 aromatic heterocycles. The fraction of sp³-hybridized carbons (Fsp3) is 0. The predicted molar refractivity (Wildman–Crippen MR) is 65.1 cm³/mol. The molecule has 0 aliphatic heterocycles. The quantitative estimate of drug-likeness (QED) is 0.640. The molecule has 0 aliphatic carbocycles. The average molecular weight is 287 g/mol. The summed E-state index contributed by atoms with van der Waals surface area (Å²) in [5.74, 6) is 0. The van der Waals surface area contributed by atoms with Crippen molar-refractivity contribution in [2.24, 2.45) is 0 Å². The van der Waals surface area contributed by atoms with E-state index in [-0.39, 0.29) is 5.02 Å². The number of nitrogens with zero attached hydrogens (tertiary/aromatic N) is 2. The highest BCUT2D eigenvalue weighted by molar-refractivity contribution is 7.90. The molecule has 6 nitrogen and oxygen atoms in total. The molecular formula is C10H7ClN2O4S. The van der Waals surface area contributed by atoms with Crippen molar-refractivity contribution in [1.29, 1.82) is 0 Å². The Hall–Kier alpha value is -1.86. The first-order valence-electron chi connectivity index (χ1n) is 4.75. The van der Waals surface area contributed by atoms with Gasteiger partial charge in [0.25, 0.3) is 15.7 Å². The third kappa shape index (κ3) is 2.09. The molecule has 94 valence electrons. The van der Waals surface area contributed by atoms with E-state index in [1.807, 2.05) is 0 Å². The largest absolute Gasteiger partial charge is 0.291 e. The Morgan fingerprint density at radius 2 is 1.83 bits per heavy atom. The van der Waals surface area contributed by atoms with Gasteiger partial charge in [0.1, 0.15) is 0 Å². The van der Waals surface area contributed by atoms with E-state index < -0.39 is 25.5 Å². The summed E-state index contributed by atoms with van der Waals surface area (Å²) in [6, 6.07) is 6.46. The van der Waals surface area contributed by atoms with E-state index in [2.05, 4.69) is 0 Å². The number of nitro groups is 1. The van der Waals surface area contributed by atoms with Crippen molar-refractivity contribution >= 4 is 27.3 Å². The van der Waals surface area contributed by atoms with Crippen LogP contribution < -0.4 is 0 Å². The number of hydrogen-bond acceptors (Lipinski definition) is 4. The molecule has 0 fully saturated rings. The average Bonchev–Trinajstić information content (AvgIpc) is 2.82. The van der Waals surface area contributed by atoms with Crippen LogP contribution in [0.25, 0.3) is 0 Å². The Morgan fingerprint density at radius 3 is 2.39 bits per heavy atom. The fourth-order valence-electron chi connectivity index (χ4n) is 1.44. The van der Waals surface area contributed by atoms with E-state index >= 15 is 0 Å². The fourth-order valence-corrected chi connectivity index (χ4v) is 2.94. The summed E-state index contributed by atoms with van der Waals surface area (Å²) < 4.78 is 25.2. The molecule has 0 N–H and O–H groups in total. The van der Waals surface area contributed by atoms with Crippen LogP contribution in [0.15, 0.2) is 47.6 Å². The zero-order valence-corrected chi connectivity index (χ0v) is 10.4. The van der Waals surface area contributed by atoms with Crippen LogP contribution in [-0.4, -0.2) is 17.3 Å². The Balaban J connectivity index is 2.69. The van der Waals surface area contributed by atoms with Crippen LogP contribution in [0.5, 0.6) is 0 Å². The third-order valence-corrected chi connectivity index (χ3v) is 4.18. The summed E-state index contributed by atoms with van der Waals surface area (Å²) in [6.07, 6.45) is 2.60. The Labute approximate surface area is 108 Å². The van der Waals surface area contributed by atoms with E-state index in [4.69, 9.17) is 11.6 Å². The Kier molecular flexibility index (Phi) is 3.10. The van der Waals surface area contributed by atoms with E-state index in [9.17, 15) is 18.5 Å². The molecule has 2 aromatic rings. The van der Waals surface area contributed by atoms with Crippen LogP contribution in [0.3, 0.4) is 0 Å². The maximum Gasteiger partial charge on any atom is 0.291 e. The lowest BCUT2D eigenvalue weighted by atomic mass is 10.3. The minimum Gasteiger partial charge on any atom is -0.258 e. The normalized spacial score (nSPS) is 11.4. The highest BCUT2D eigenvalue weighted by atomic mass is 35.5. The number of halogens is 1. The van der Waals surface area contributed by atoms with Gasteiger partial charge >= 0.3 is 0 Å². The minimum absolute atomic E-state index is 0.105. The molecule has 0 saturated heterocycles. The third-order valence-electron chi connectivity index (χ3n) is 2.25. The summed E-state index contributed by atoms with van der Waals surface area (Å²) in [5.41, 5.74) is -0.545. The lowest BCUT2D eigenvalue weighted by molar-refractivity contribution is -0.387. The summed E-state index contributed by atoms with van der Waals surface area (Å²) in [6.45, 7) is 0. The second-order valence-corrected chi connectivity index (χ2v) is 5.64. The summed E-state index contributed by atoms with van der Waals surface area (Å²) >= 11 is 5.63. The first kappa shape index (κ1) is 12.6. The van der Waals surface area contributed by atoms with Crippen molar-refractivity contribution < 1.29 is 13.3 Å². The molecule has 0 amide bonds. The van der Waals surface area contributed by atoms with Crippen molar-refractivity contribution in [1.82, 2.24) is 3.97 Å². The molecule has 0 saturated carbocycles. The Bertz CT molecular complexity index is 695. The number of benzene rings is 1. The first-order chi connectivity index (χ1) is 8.43. The second-order valence-electron chi connectivity index (χ2n) is 3.39. The van der Waals surface area contributed by atoms with Crippen LogP contribution in [0, 0.1) is 10.1 Å². The number of nitro benzene ring substituents is 1. The number of aromatic nitrogens is 1. The van der Waals surface area contributed by atoms with Gasteiger partial charge in [-0.1, -0.05) is 11.6 Å². The van der Waals surface area contributed by atoms with Gasteiger partial charge in [0.15, 0.2) is 4.90 Å². The summed E-state index contributed by atoms with van der Waals surface area (Å²) in [5, 5.41) is 11.0. The molecule has 8 heteroatoms. The van der Waals surface area contributed by atoms with Gasteiger partial charge in [0.2, 0.25) is 0 Å². The van der Waals surface area contributed by atoms with Crippen LogP contribution in [0.2, 0.25) is 5.02 Å². The van der Waals surface area contributed by atoms with Gasteiger partial charge in [-0.15, -0.1) is 0 Å². The van der Waals surface area contributed by atoms with E-state index in [1.54, 1.807) is 0 Å². The molecule has 1 heterocycles. The van der Waals surface area contributed by atoms with Gasteiger partial charge in [-0.3, -0.25) is 10.1 Å². The highest BCUT2D eigenvalue weighted by Crippen LogP contribution is 2.28. The Morgan fingerprint density at radius 1 is 1.22 bits per heavy atom. The van der Waals surface area contributed by atoms with Gasteiger partial charge in [-0.2, -0.15) is 0 Å². The lowest BCUT2D eigenvalue weighted by Gasteiger charge is -2.06. The zero-order valence-electron chi connectivity index (χ0n) is 8.86. The summed E-state index contributed by atoms with van der Waals surface area (Å²) in [4.78, 5) is 9.69. The van der Waals surface area contributed by atoms with Crippen molar-refractivity contribution in [2.75, 3.05) is 0 Å². The van der Waals surface area contributed by atoms with Gasteiger partial charge in [-0.05, 0) is 24.3 Å². The second kappa shape index (κ2) is 4.43. The van der Waals surface area contributed by atoms with Crippen LogP contribution >= 0.6 is 11.6 Å². The van der Waals surface area contributed by atoms with Crippen molar-refractivity contribution in [3.63, 3.8) is 0 Å². The van der Waals surface area contributed by atoms with Crippen LogP contribution in [-0.2, 0) is 10.0 Å². The predicted octanol–water partition coefficient (Wildman–Crippen LogP) is 2.29. The minimum atomic E-state index is -3.97. The molecule has 2 rings (SSSR count). The molecule has 0 radical (unpaired) electrons. The molecule has 18 heavy (non-hydrogen) atoms. The van der Waals surface area contributed by atoms with E-state index in [0.717, 1.165) is 16.1 Å². The maximum absolute atomic E-state index is 12.1. The highest BCUT2D eigenvalue weighted by Gasteiger charge is 2.26. The van der Waals surface area contributed by atoms with Crippen LogP contribution in [0.1, 0.15) is 0 Å². The van der Waals surface area contributed by atoms with Crippen molar-refractivity contribution in [2.45, 2.75) is 4.90 Å². The SMILES string of the molecule is O=[N+]([O-])c1cc(Cl)ccc1S(=O)(=O)n1cccc1. The summed E-state index contributed by atoms with van der Waals surface area (Å²) in [7, 11) is -3.97. The monoisotopic (exact) mass is 286 g/mol. The van der Waals surface area contributed by atoms with E-state index in [0.29, 0.717) is 0 Å². The van der Waals surface area contributed by atoms with Gasteiger partial charge < -0.3 is 0 Å². The smallest absolute Gasteiger partial charge is 0.258 e. The van der Waals surface area contributed by atoms with Crippen molar-refractivity contribution in [3.05, 3.63) is 57.9 Å². The molecule has 0 atom stereocenters. The molecular weight excluding hydrogens is 280 g/mol. The molecule has 0 bridgehead atoms. The van der Waals surface area contributed by atoms with Crippen LogP contribution in [0.4, 0.5) is 5.69 Å². The van der Waals surface area contributed by atoms with Crippen molar-refractivity contribution in [3.8, 4) is 0 Å². The maximum atomic E-state index is 12.1. The van der Waals surface area contributed by atoms with Gasteiger partial charge in [0, 0.05) is 23.5 Å². The van der Waals surface area contributed by atoms with E-state index in [1.165, 1.54) is 30.6 Å². The molecule has 0 unspecified atom stereocenters. The first-order valence-corrected chi connectivity index (χ1v) is 6.57. The number of hydrogen-bond donors (Lipinski definition) is 0. The lowest BCUT2D eigenvalue weighted by Crippen LogP contribution is -2.12. The van der Waals surface area contributed by atoms with Gasteiger partial charge in [0.05, 0.1) is 4.92 Å².